The second-order valence-electron chi connectivity index (χ2n) is 6.71. The molecule has 0 radical (unpaired) electrons. The average Bonchev–Trinajstić information content (AvgIpc) is 2.18. The summed E-state index contributed by atoms with van der Waals surface area (Å²) in [6, 6.07) is -0.761. The molecule has 0 aromatic rings. The quantitative estimate of drug-likeness (QED) is 0.835. The highest BCUT2D eigenvalue weighted by Crippen LogP contribution is 2.28. The summed E-state index contributed by atoms with van der Waals surface area (Å²) in [7, 11) is 0. The van der Waals surface area contributed by atoms with Gasteiger partial charge in [-0.3, -0.25) is 9.59 Å². The number of hydrogen-bond donors (Lipinski definition) is 1. The maximum Gasteiger partial charge on any atom is 0.245 e. The molecule has 4 nitrogen and oxygen atoms in total. The highest BCUT2D eigenvalue weighted by atomic mass is 16.2. The predicted octanol–water partition coefficient (Wildman–Crippen LogP) is 1.79. The van der Waals surface area contributed by atoms with Crippen LogP contribution in [0.4, 0.5) is 0 Å². The van der Waals surface area contributed by atoms with Crippen LogP contribution in [0.5, 0.6) is 0 Å². The van der Waals surface area contributed by atoms with Crippen molar-refractivity contribution in [3.63, 3.8) is 0 Å². The number of nitrogens with one attached hydrogen (secondary N) is 1. The van der Waals surface area contributed by atoms with Gasteiger partial charge in [-0.1, -0.05) is 34.6 Å². The summed E-state index contributed by atoms with van der Waals surface area (Å²) in [5.41, 5.74) is -0.239. The van der Waals surface area contributed by atoms with Gasteiger partial charge in [0.25, 0.3) is 0 Å². The van der Waals surface area contributed by atoms with E-state index in [0.717, 1.165) is 6.42 Å². The van der Waals surface area contributed by atoms with Crippen LogP contribution in [0.15, 0.2) is 0 Å². The first-order chi connectivity index (χ1) is 8.14. The van der Waals surface area contributed by atoms with Gasteiger partial charge in [-0.25, -0.2) is 0 Å². The summed E-state index contributed by atoms with van der Waals surface area (Å²) in [6.45, 7) is 12.7. The summed E-state index contributed by atoms with van der Waals surface area (Å²) in [6.07, 6.45) is 0.929. The molecule has 104 valence electrons. The molecule has 1 heterocycles. The highest BCUT2D eigenvalue weighted by molar-refractivity contribution is 5.97. The maximum absolute atomic E-state index is 12.3. The molecular formula is C14H26N2O2. The fraction of sp³-hybridized carbons (Fsp3) is 0.857. The zero-order chi connectivity index (χ0) is 14.1. The molecule has 0 aliphatic carbocycles. The van der Waals surface area contributed by atoms with E-state index in [0.29, 0.717) is 12.5 Å². The van der Waals surface area contributed by atoms with Crippen molar-refractivity contribution in [2.75, 3.05) is 6.54 Å². The minimum atomic E-state index is -0.400. The van der Waals surface area contributed by atoms with Gasteiger partial charge in [0.2, 0.25) is 11.8 Å². The van der Waals surface area contributed by atoms with Crippen molar-refractivity contribution < 1.29 is 9.59 Å². The van der Waals surface area contributed by atoms with Crippen LogP contribution in [0, 0.1) is 11.3 Å². The molecule has 1 aliphatic heterocycles. The Hall–Kier alpha value is -1.06. The smallest absolute Gasteiger partial charge is 0.245 e. The summed E-state index contributed by atoms with van der Waals surface area (Å²) in [4.78, 5) is 26.2. The van der Waals surface area contributed by atoms with Crippen molar-refractivity contribution in [1.82, 2.24) is 10.2 Å². The molecule has 0 aromatic carbocycles. The number of hydrogen-bond acceptors (Lipinski definition) is 2. The summed E-state index contributed by atoms with van der Waals surface area (Å²) >= 11 is 0. The molecule has 1 saturated heterocycles. The van der Waals surface area contributed by atoms with Gasteiger partial charge in [0.1, 0.15) is 12.1 Å². The number of carbonyl (C=O) groups is 2. The Bertz CT molecular complexity index is 331. The molecular weight excluding hydrogens is 228 g/mol. The first-order valence-corrected chi connectivity index (χ1v) is 6.75. The lowest BCUT2D eigenvalue weighted by molar-refractivity contribution is -0.153. The molecule has 0 bridgehead atoms. The molecule has 0 spiro atoms. The van der Waals surface area contributed by atoms with E-state index in [9.17, 15) is 9.59 Å². The van der Waals surface area contributed by atoms with E-state index in [1.54, 1.807) is 11.8 Å². The number of nitrogens with zero attached hydrogens (tertiary/aromatic N) is 1. The van der Waals surface area contributed by atoms with Crippen LogP contribution >= 0.6 is 0 Å². The normalized spacial score (nSPS) is 25.6. The van der Waals surface area contributed by atoms with E-state index in [2.05, 4.69) is 19.2 Å². The molecule has 1 fully saturated rings. The molecule has 2 unspecified atom stereocenters. The lowest BCUT2D eigenvalue weighted by atomic mass is 9.83. The van der Waals surface area contributed by atoms with E-state index in [1.807, 2.05) is 20.8 Å². The van der Waals surface area contributed by atoms with Gasteiger partial charge in [-0.15, -0.1) is 0 Å². The number of amides is 2. The van der Waals surface area contributed by atoms with Crippen molar-refractivity contribution in [3.8, 4) is 0 Å². The molecule has 4 heteroatoms. The second-order valence-corrected chi connectivity index (χ2v) is 6.71. The largest absolute Gasteiger partial charge is 0.343 e. The van der Waals surface area contributed by atoms with E-state index < -0.39 is 6.04 Å². The van der Waals surface area contributed by atoms with E-state index >= 15 is 0 Å². The predicted molar refractivity (Wildman–Crippen MR) is 72.0 cm³/mol. The molecule has 0 aromatic heterocycles. The Kier molecular flexibility index (Phi) is 4.41. The summed E-state index contributed by atoms with van der Waals surface area (Å²) in [5, 5.41) is 2.77. The Balaban J connectivity index is 2.94. The van der Waals surface area contributed by atoms with E-state index in [1.165, 1.54) is 0 Å². The zero-order valence-corrected chi connectivity index (χ0v) is 12.4. The standard InChI is InChI=1S/C14H26N2O2/c1-9(2)7-8-16-11(14(4,5)6)12(17)15-10(3)13(16)18/h9-11H,7-8H2,1-6H3,(H,15,17). The minimum absolute atomic E-state index is 0.0293. The average molecular weight is 254 g/mol. The van der Waals surface area contributed by atoms with Crippen molar-refractivity contribution in [2.45, 2.75) is 60.0 Å². The van der Waals surface area contributed by atoms with E-state index in [4.69, 9.17) is 0 Å². The third kappa shape index (κ3) is 3.24. The van der Waals surface area contributed by atoms with Crippen LogP contribution in [-0.4, -0.2) is 35.3 Å². The Labute approximate surface area is 110 Å². The van der Waals surface area contributed by atoms with Gasteiger partial charge in [-0.05, 0) is 24.7 Å². The van der Waals surface area contributed by atoms with Gasteiger partial charge in [0, 0.05) is 6.54 Å². The Morgan fingerprint density at radius 3 is 2.28 bits per heavy atom. The fourth-order valence-electron chi connectivity index (χ4n) is 2.37. The Morgan fingerprint density at radius 2 is 1.83 bits per heavy atom. The van der Waals surface area contributed by atoms with Crippen molar-refractivity contribution in [1.29, 1.82) is 0 Å². The molecule has 18 heavy (non-hydrogen) atoms. The number of carbonyl (C=O) groups excluding carboxylic acids is 2. The van der Waals surface area contributed by atoms with Crippen molar-refractivity contribution >= 4 is 11.8 Å². The lowest BCUT2D eigenvalue weighted by Crippen LogP contribution is -2.66. The van der Waals surface area contributed by atoms with E-state index in [-0.39, 0.29) is 23.3 Å². The summed E-state index contributed by atoms with van der Waals surface area (Å²) in [5.74, 6) is 0.534. The minimum Gasteiger partial charge on any atom is -0.343 e. The van der Waals surface area contributed by atoms with Crippen LogP contribution in [0.1, 0.15) is 48.0 Å². The van der Waals surface area contributed by atoms with Gasteiger partial charge in [0.15, 0.2) is 0 Å². The van der Waals surface area contributed by atoms with Gasteiger partial charge in [0.05, 0.1) is 0 Å². The zero-order valence-electron chi connectivity index (χ0n) is 12.4. The third-order valence-corrected chi connectivity index (χ3v) is 3.34. The molecule has 1 rings (SSSR count). The molecule has 1 N–H and O–H groups in total. The van der Waals surface area contributed by atoms with Crippen molar-refractivity contribution in [2.24, 2.45) is 11.3 Å². The van der Waals surface area contributed by atoms with Gasteiger partial charge >= 0.3 is 0 Å². The maximum atomic E-state index is 12.3. The molecule has 2 atom stereocenters. The van der Waals surface area contributed by atoms with Crippen molar-refractivity contribution in [3.05, 3.63) is 0 Å². The SMILES string of the molecule is CC(C)CCN1C(=O)C(C)NC(=O)C1C(C)(C)C. The topological polar surface area (TPSA) is 49.4 Å². The monoisotopic (exact) mass is 254 g/mol. The Morgan fingerprint density at radius 1 is 1.28 bits per heavy atom. The number of piperazine rings is 1. The molecule has 1 aliphatic rings. The van der Waals surface area contributed by atoms with Gasteiger partial charge < -0.3 is 10.2 Å². The molecule has 2 amide bonds. The third-order valence-electron chi connectivity index (χ3n) is 3.34. The van der Waals surface area contributed by atoms with Gasteiger partial charge in [-0.2, -0.15) is 0 Å². The molecule has 0 saturated carbocycles. The van der Waals surface area contributed by atoms with Crippen LogP contribution in [0.3, 0.4) is 0 Å². The fourth-order valence-corrected chi connectivity index (χ4v) is 2.37. The number of rotatable bonds is 3. The van der Waals surface area contributed by atoms with Crippen LogP contribution < -0.4 is 5.32 Å². The van der Waals surface area contributed by atoms with Crippen LogP contribution in [0.25, 0.3) is 0 Å². The van der Waals surface area contributed by atoms with Crippen LogP contribution in [-0.2, 0) is 9.59 Å². The first kappa shape index (κ1) is 15.0. The first-order valence-electron chi connectivity index (χ1n) is 6.75. The second kappa shape index (κ2) is 5.29. The highest BCUT2D eigenvalue weighted by Gasteiger charge is 2.44. The van der Waals surface area contributed by atoms with Crippen LogP contribution in [0.2, 0.25) is 0 Å². The lowest BCUT2D eigenvalue weighted by Gasteiger charge is -2.44. The summed E-state index contributed by atoms with van der Waals surface area (Å²) < 4.78 is 0.